The van der Waals surface area contributed by atoms with Gasteiger partial charge in [-0.2, -0.15) is 0 Å². The molecule has 0 aromatic heterocycles. The van der Waals surface area contributed by atoms with Gasteiger partial charge in [-0.05, 0) is 35.2 Å². The molecule has 1 fully saturated rings. The van der Waals surface area contributed by atoms with Crippen molar-refractivity contribution in [1.29, 1.82) is 0 Å². The van der Waals surface area contributed by atoms with Crippen LogP contribution in [0.15, 0.2) is 36.4 Å². The highest BCUT2D eigenvalue weighted by Crippen LogP contribution is 2.28. The van der Waals surface area contributed by atoms with Crippen molar-refractivity contribution in [2.24, 2.45) is 5.92 Å². The number of aliphatic carboxylic acids is 1. The van der Waals surface area contributed by atoms with E-state index in [9.17, 15) is 14.7 Å². The largest absolute Gasteiger partial charge is 0.480 e. The lowest BCUT2D eigenvalue weighted by Gasteiger charge is -2.25. The summed E-state index contributed by atoms with van der Waals surface area (Å²) < 4.78 is 0. The molecular weight excluding hydrogens is 316 g/mol. The van der Waals surface area contributed by atoms with Gasteiger partial charge in [-0.25, -0.2) is 4.79 Å². The minimum atomic E-state index is -0.988. The van der Waals surface area contributed by atoms with Gasteiger partial charge in [0.15, 0.2) is 0 Å². The molecule has 4 N–H and O–H groups in total. The first-order valence-electron chi connectivity index (χ1n) is 8.86. The molecule has 0 aliphatic heterocycles. The number of nitrogens with two attached hydrogens (primary N) is 1. The molecule has 25 heavy (non-hydrogen) atoms. The molecule has 132 valence electrons. The van der Waals surface area contributed by atoms with Crippen molar-refractivity contribution in [2.45, 2.75) is 44.6 Å². The van der Waals surface area contributed by atoms with E-state index in [0.29, 0.717) is 23.6 Å². The van der Waals surface area contributed by atoms with Crippen LogP contribution in [0.25, 0.3) is 10.8 Å². The maximum Gasteiger partial charge on any atom is 0.326 e. The second-order valence-electron chi connectivity index (χ2n) is 6.89. The number of carbonyl (C=O) groups is 2. The first-order chi connectivity index (χ1) is 12.0. The average Bonchev–Trinajstić information content (AvgIpc) is 2.61. The maximum atomic E-state index is 12.6. The lowest BCUT2D eigenvalue weighted by Crippen LogP contribution is -2.42. The van der Waals surface area contributed by atoms with Gasteiger partial charge in [0.25, 0.3) is 5.91 Å². The number of hydrogen-bond acceptors (Lipinski definition) is 3. The zero-order valence-electron chi connectivity index (χ0n) is 14.2. The van der Waals surface area contributed by atoms with Crippen LogP contribution in [-0.4, -0.2) is 23.0 Å². The number of carboxylic acids is 1. The van der Waals surface area contributed by atoms with Crippen molar-refractivity contribution in [3.8, 4) is 0 Å². The van der Waals surface area contributed by atoms with E-state index in [1.807, 2.05) is 24.3 Å². The Bertz CT molecular complexity index is 782. The molecule has 1 atom stereocenters. The summed E-state index contributed by atoms with van der Waals surface area (Å²) in [6.07, 6.45) is 6.06. The fraction of sp³-hybridized carbons (Fsp3) is 0.400. The average molecular weight is 340 g/mol. The van der Waals surface area contributed by atoms with Gasteiger partial charge in [0.05, 0.1) is 5.56 Å². The predicted molar refractivity (Wildman–Crippen MR) is 98.4 cm³/mol. The number of nitrogens with one attached hydrogen (secondary N) is 1. The smallest absolute Gasteiger partial charge is 0.326 e. The molecule has 5 nitrogen and oxygen atoms in total. The third kappa shape index (κ3) is 4.10. The highest BCUT2D eigenvalue weighted by Gasteiger charge is 2.26. The Hall–Kier alpha value is -2.56. The number of amides is 1. The summed E-state index contributed by atoms with van der Waals surface area (Å²) >= 11 is 0. The Kier molecular flexibility index (Phi) is 5.22. The van der Waals surface area contributed by atoms with E-state index in [0.717, 1.165) is 36.5 Å². The minimum absolute atomic E-state index is 0.327. The molecule has 1 aliphatic carbocycles. The van der Waals surface area contributed by atoms with Gasteiger partial charge in [0.2, 0.25) is 0 Å². The summed E-state index contributed by atoms with van der Waals surface area (Å²) in [4.78, 5) is 24.2. The SMILES string of the molecule is Nc1cc2ccccc2cc1C(=O)NC(CC1CCCCC1)C(=O)O. The Balaban J connectivity index is 1.76. The number of nitrogen functional groups attached to an aromatic ring is 1. The summed E-state index contributed by atoms with van der Waals surface area (Å²) in [5.41, 5.74) is 6.70. The third-order valence-electron chi connectivity index (χ3n) is 5.06. The summed E-state index contributed by atoms with van der Waals surface area (Å²) in [6, 6.07) is 10.2. The summed E-state index contributed by atoms with van der Waals surface area (Å²) in [7, 11) is 0. The summed E-state index contributed by atoms with van der Waals surface area (Å²) in [5, 5.41) is 14.0. The zero-order valence-corrected chi connectivity index (χ0v) is 14.2. The molecule has 0 spiro atoms. The molecule has 0 radical (unpaired) electrons. The number of hydrogen-bond donors (Lipinski definition) is 3. The van der Waals surface area contributed by atoms with Crippen LogP contribution in [0.1, 0.15) is 48.9 Å². The molecule has 0 heterocycles. The van der Waals surface area contributed by atoms with Gasteiger partial charge < -0.3 is 16.2 Å². The Morgan fingerprint density at radius 2 is 1.76 bits per heavy atom. The molecule has 5 heteroatoms. The topological polar surface area (TPSA) is 92.4 Å². The molecule has 1 amide bonds. The first-order valence-corrected chi connectivity index (χ1v) is 8.86. The van der Waals surface area contributed by atoms with Crippen LogP contribution in [0.3, 0.4) is 0 Å². The molecular formula is C20H24N2O3. The van der Waals surface area contributed by atoms with Crippen LogP contribution in [0, 0.1) is 5.92 Å². The van der Waals surface area contributed by atoms with Gasteiger partial charge >= 0.3 is 5.97 Å². The van der Waals surface area contributed by atoms with E-state index in [4.69, 9.17) is 5.73 Å². The standard InChI is InChI=1S/C20H24N2O3/c21-17-12-15-9-5-4-8-14(15)11-16(17)19(23)22-18(20(24)25)10-13-6-2-1-3-7-13/h4-5,8-9,11-13,18H,1-3,6-7,10,21H2,(H,22,23)(H,24,25). The Morgan fingerprint density at radius 1 is 1.12 bits per heavy atom. The van der Waals surface area contributed by atoms with Crippen LogP contribution in [-0.2, 0) is 4.79 Å². The second kappa shape index (κ2) is 7.55. The molecule has 3 rings (SSSR count). The number of carboxylic acid groups (broad SMARTS) is 1. The maximum absolute atomic E-state index is 12.6. The lowest BCUT2D eigenvalue weighted by atomic mass is 9.85. The second-order valence-corrected chi connectivity index (χ2v) is 6.89. The van der Waals surface area contributed by atoms with E-state index in [1.54, 1.807) is 12.1 Å². The van der Waals surface area contributed by atoms with Gasteiger partial charge in [-0.3, -0.25) is 4.79 Å². The van der Waals surface area contributed by atoms with Crippen LogP contribution in [0.4, 0.5) is 5.69 Å². The van der Waals surface area contributed by atoms with Crippen LogP contribution >= 0.6 is 0 Å². The fourth-order valence-electron chi connectivity index (χ4n) is 3.67. The van der Waals surface area contributed by atoms with Gasteiger partial charge in [0.1, 0.15) is 6.04 Å². The molecule has 0 bridgehead atoms. The first kappa shape index (κ1) is 17.3. The number of rotatable bonds is 5. The van der Waals surface area contributed by atoms with Crippen molar-refractivity contribution in [1.82, 2.24) is 5.32 Å². The summed E-state index contributed by atoms with van der Waals surface area (Å²) in [6.45, 7) is 0. The molecule has 1 aliphatic rings. The van der Waals surface area contributed by atoms with E-state index in [2.05, 4.69) is 5.32 Å². The number of carbonyl (C=O) groups excluding carboxylic acids is 1. The van der Waals surface area contributed by atoms with Crippen molar-refractivity contribution >= 4 is 28.3 Å². The highest BCUT2D eigenvalue weighted by atomic mass is 16.4. The van der Waals surface area contributed by atoms with E-state index in [1.165, 1.54) is 6.42 Å². The third-order valence-corrected chi connectivity index (χ3v) is 5.06. The fourth-order valence-corrected chi connectivity index (χ4v) is 3.67. The van der Waals surface area contributed by atoms with Gasteiger partial charge in [-0.15, -0.1) is 0 Å². The van der Waals surface area contributed by atoms with Gasteiger partial charge in [-0.1, -0.05) is 56.4 Å². The minimum Gasteiger partial charge on any atom is -0.480 e. The zero-order chi connectivity index (χ0) is 17.8. The number of benzene rings is 2. The van der Waals surface area contributed by atoms with Crippen molar-refractivity contribution in [3.63, 3.8) is 0 Å². The van der Waals surface area contributed by atoms with Crippen molar-refractivity contribution in [3.05, 3.63) is 42.0 Å². The lowest BCUT2D eigenvalue weighted by molar-refractivity contribution is -0.139. The highest BCUT2D eigenvalue weighted by molar-refractivity contribution is 6.05. The van der Waals surface area contributed by atoms with Crippen LogP contribution in [0.2, 0.25) is 0 Å². The normalized spacial score (nSPS) is 16.5. The number of anilines is 1. The Morgan fingerprint density at radius 3 is 2.40 bits per heavy atom. The molecule has 0 saturated heterocycles. The van der Waals surface area contributed by atoms with E-state index in [-0.39, 0.29) is 0 Å². The monoisotopic (exact) mass is 340 g/mol. The van der Waals surface area contributed by atoms with E-state index < -0.39 is 17.9 Å². The Labute approximate surface area is 147 Å². The predicted octanol–water partition coefficient (Wildman–Crippen LogP) is 3.58. The van der Waals surface area contributed by atoms with Crippen molar-refractivity contribution in [2.75, 3.05) is 5.73 Å². The van der Waals surface area contributed by atoms with Crippen LogP contribution < -0.4 is 11.1 Å². The van der Waals surface area contributed by atoms with E-state index >= 15 is 0 Å². The van der Waals surface area contributed by atoms with Crippen molar-refractivity contribution < 1.29 is 14.7 Å². The quantitative estimate of drug-likeness (QED) is 0.725. The molecule has 1 saturated carbocycles. The molecule has 1 unspecified atom stereocenters. The molecule has 2 aromatic carbocycles. The summed E-state index contributed by atoms with van der Waals surface area (Å²) in [5.74, 6) is -1.05. The number of fused-ring (bicyclic) bond motifs is 1. The van der Waals surface area contributed by atoms with Crippen LogP contribution in [0.5, 0.6) is 0 Å². The molecule has 2 aromatic rings. The van der Waals surface area contributed by atoms with Gasteiger partial charge in [0, 0.05) is 5.69 Å².